The predicted octanol–water partition coefficient (Wildman–Crippen LogP) is 3.80. The third-order valence-corrected chi connectivity index (χ3v) is 3.12. The van der Waals surface area contributed by atoms with Gasteiger partial charge in [-0.15, -0.1) is 0 Å². The lowest BCUT2D eigenvalue weighted by Crippen LogP contribution is -2.46. The van der Waals surface area contributed by atoms with E-state index in [4.69, 9.17) is 21.1 Å². The number of alkyl halides is 3. The summed E-state index contributed by atoms with van der Waals surface area (Å²) < 4.78 is 49.5. The summed E-state index contributed by atoms with van der Waals surface area (Å²) >= 11 is 5.77. The van der Waals surface area contributed by atoms with E-state index in [-0.39, 0.29) is 23.1 Å². The van der Waals surface area contributed by atoms with Gasteiger partial charge < -0.3 is 9.47 Å². The maximum Gasteiger partial charge on any atom is 0.427 e. The van der Waals surface area contributed by atoms with Crippen molar-refractivity contribution in [3.8, 4) is 5.75 Å². The molecule has 2 rings (SSSR count). The van der Waals surface area contributed by atoms with Gasteiger partial charge in [0.25, 0.3) is 0 Å². The van der Waals surface area contributed by atoms with Gasteiger partial charge in [-0.1, -0.05) is 11.6 Å². The fourth-order valence-electron chi connectivity index (χ4n) is 1.95. The number of nitrogens with zero attached hydrogens (tertiary/aromatic N) is 2. The normalized spacial score (nSPS) is 18.7. The first-order valence-electron chi connectivity index (χ1n) is 6.82. The van der Waals surface area contributed by atoms with Crippen LogP contribution in [0.2, 0.25) is 5.15 Å². The van der Waals surface area contributed by atoms with Crippen LogP contribution in [-0.4, -0.2) is 40.4 Å². The van der Waals surface area contributed by atoms with E-state index >= 15 is 0 Å². The molecule has 0 radical (unpaired) electrons. The molecule has 9 heteroatoms. The van der Waals surface area contributed by atoms with Crippen LogP contribution in [0.5, 0.6) is 5.75 Å². The maximum absolute atomic E-state index is 13.1. The van der Waals surface area contributed by atoms with Gasteiger partial charge in [0, 0.05) is 0 Å². The van der Waals surface area contributed by atoms with Crippen LogP contribution in [0, 0.1) is 0 Å². The second-order valence-corrected chi connectivity index (χ2v) is 6.48. The smallest absolute Gasteiger partial charge is 0.427 e. The number of amides is 1. The van der Waals surface area contributed by atoms with Gasteiger partial charge in [0.1, 0.15) is 22.2 Å². The highest BCUT2D eigenvalue weighted by atomic mass is 35.5. The Morgan fingerprint density at radius 3 is 2.61 bits per heavy atom. The Bertz CT molecular complexity index is 602. The summed E-state index contributed by atoms with van der Waals surface area (Å²) in [5.74, 6) is -0.0530. The molecule has 1 aromatic rings. The second-order valence-electron chi connectivity index (χ2n) is 6.09. The number of ether oxygens (including phenoxy) is 2. The van der Waals surface area contributed by atoms with Gasteiger partial charge in [-0.25, -0.2) is 9.78 Å². The molecule has 0 spiro atoms. The lowest BCUT2D eigenvalue weighted by molar-refractivity contribution is -0.197. The van der Waals surface area contributed by atoms with Gasteiger partial charge in [0.2, 0.25) is 6.10 Å². The third kappa shape index (κ3) is 4.63. The Labute approximate surface area is 136 Å². The molecule has 1 amide bonds. The minimum atomic E-state index is -4.64. The van der Waals surface area contributed by atoms with Gasteiger partial charge in [-0.05, 0) is 32.9 Å². The van der Waals surface area contributed by atoms with Crippen LogP contribution >= 0.6 is 11.6 Å². The van der Waals surface area contributed by atoms with Crippen LogP contribution in [0.3, 0.4) is 0 Å². The molecule has 23 heavy (non-hydrogen) atoms. The van der Waals surface area contributed by atoms with Gasteiger partial charge in [-0.3, -0.25) is 4.90 Å². The maximum atomic E-state index is 13.1. The summed E-state index contributed by atoms with van der Waals surface area (Å²) in [6, 6.07) is 2.64. The Morgan fingerprint density at radius 1 is 1.39 bits per heavy atom. The van der Waals surface area contributed by atoms with E-state index in [9.17, 15) is 18.0 Å². The standard InChI is InChI=1S/C14H16ClF3N2O3/c1-13(2,3)23-12(21)20-6-8-9(4-5-11(15)19-8)22-10(7-20)14(16,17)18/h4-5,10H,6-7H2,1-3H3. The second kappa shape index (κ2) is 6.07. The molecule has 5 nitrogen and oxygen atoms in total. The molecule has 2 heterocycles. The van der Waals surface area contributed by atoms with E-state index in [1.54, 1.807) is 20.8 Å². The van der Waals surface area contributed by atoms with E-state index in [1.165, 1.54) is 12.1 Å². The van der Waals surface area contributed by atoms with Crippen LogP contribution in [-0.2, 0) is 11.3 Å². The zero-order chi connectivity index (χ0) is 17.4. The van der Waals surface area contributed by atoms with Crippen molar-refractivity contribution >= 4 is 17.7 Å². The van der Waals surface area contributed by atoms with Crippen molar-refractivity contribution in [2.24, 2.45) is 0 Å². The largest absolute Gasteiger partial charge is 0.477 e. The van der Waals surface area contributed by atoms with Crippen LogP contribution in [0.15, 0.2) is 12.1 Å². The summed E-state index contributed by atoms with van der Waals surface area (Å²) in [5, 5.41) is 0.0990. The van der Waals surface area contributed by atoms with Crippen molar-refractivity contribution in [3.63, 3.8) is 0 Å². The molecule has 1 aliphatic rings. The summed E-state index contributed by atoms with van der Waals surface area (Å²) in [7, 11) is 0. The van der Waals surface area contributed by atoms with Gasteiger partial charge in [0.15, 0.2) is 0 Å². The number of hydrogen-bond donors (Lipinski definition) is 0. The Kier molecular flexibility index (Phi) is 4.66. The summed E-state index contributed by atoms with van der Waals surface area (Å²) in [5.41, 5.74) is -0.683. The molecule has 1 atom stereocenters. The quantitative estimate of drug-likeness (QED) is 0.666. The lowest BCUT2D eigenvalue weighted by atomic mass is 10.2. The topological polar surface area (TPSA) is 51.7 Å². The summed E-state index contributed by atoms with van der Waals surface area (Å²) in [4.78, 5) is 17.0. The van der Waals surface area contributed by atoms with Crippen LogP contribution in [0.25, 0.3) is 0 Å². The average Bonchev–Trinajstić information content (AvgIpc) is 2.55. The van der Waals surface area contributed by atoms with Crippen molar-refractivity contribution in [1.82, 2.24) is 9.88 Å². The first kappa shape index (κ1) is 17.7. The monoisotopic (exact) mass is 352 g/mol. The summed E-state index contributed by atoms with van der Waals surface area (Å²) in [6.07, 6.45) is -7.68. The van der Waals surface area contributed by atoms with Crippen molar-refractivity contribution in [2.45, 2.75) is 45.2 Å². The first-order chi connectivity index (χ1) is 10.5. The number of fused-ring (bicyclic) bond motifs is 1. The minimum absolute atomic E-state index is 0.0530. The molecule has 1 unspecified atom stereocenters. The Balaban J connectivity index is 2.34. The number of hydrogen-bond acceptors (Lipinski definition) is 4. The number of halogens is 4. The highest BCUT2D eigenvalue weighted by Crippen LogP contribution is 2.32. The minimum Gasteiger partial charge on any atom is -0.477 e. The van der Waals surface area contributed by atoms with Crippen LogP contribution in [0.4, 0.5) is 18.0 Å². The third-order valence-electron chi connectivity index (χ3n) is 2.91. The van der Waals surface area contributed by atoms with E-state index in [1.807, 2.05) is 0 Å². The molecule has 0 N–H and O–H groups in total. The highest BCUT2D eigenvalue weighted by molar-refractivity contribution is 6.29. The van der Waals surface area contributed by atoms with Crippen molar-refractivity contribution in [3.05, 3.63) is 23.0 Å². The predicted molar refractivity (Wildman–Crippen MR) is 76.4 cm³/mol. The van der Waals surface area contributed by atoms with Crippen molar-refractivity contribution in [1.29, 1.82) is 0 Å². The average molecular weight is 353 g/mol. The van der Waals surface area contributed by atoms with Gasteiger partial charge in [0.05, 0.1) is 13.1 Å². The van der Waals surface area contributed by atoms with Crippen molar-refractivity contribution in [2.75, 3.05) is 6.54 Å². The van der Waals surface area contributed by atoms with Crippen LogP contribution in [0.1, 0.15) is 26.5 Å². The first-order valence-corrected chi connectivity index (χ1v) is 7.20. The Hall–Kier alpha value is -1.70. The summed E-state index contributed by atoms with van der Waals surface area (Å²) in [6.45, 7) is 4.01. The molecule has 1 aliphatic heterocycles. The zero-order valence-corrected chi connectivity index (χ0v) is 13.5. The SMILES string of the molecule is CC(C)(C)OC(=O)N1Cc2nc(Cl)ccc2OC(C(F)(F)F)C1. The fourth-order valence-corrected chi connectivity index (χ4v) is 2.12. The molecule has 0 saturated carbocycles. The fraction of sp³-hybridized carbons (Fsp3) is 0.571. The molecule has 0 bridgehead atoms. The molecule has 1 aromatic heterocycles. The zero-order valence-electron chi connectivity index (χ0n) is 12.8. The van der Waals surface area contributed by atoms with E-state index in [2.05, 4.69) is 4.98 Å². The van der Waals surface area contributed by atoms with Crippen LogP contribution < -0.4 is 4.74 Å². The van der Waals surface area contributed by atoms with E-state index < -0.39 is 30.5 Å². The molecular weight excluding hydrogens is 337 g/mol. The molecule has 0 saturated heterocycles. The van der Waals surface area contributed by atoms with Crippen molar-refractivity contribution < 1.29 is 27.4 Å². The number of carbonyl (C=O) groups excluding carboxylic acids is 1. The van der Waals surface area contributed by atoms with Gasteiger partial charge >= 0.3 is 12.3 Å². The molecule has 0 aromatic carbocycles. The Morgan fingerprint density at radius 2 is 2.04 bits per heavy atom. The van der Waals surface area contributed by atoms with Gasteiger partial charge in [-0.2, -0.15) is 13.2 Å². The van der Waals surface area contributed by atoms with E-state index in [0.29, 0.717) is 0 Å². The molecule has 128 valence electrons. The molecule has 0 aliphatic carbocycles. The number of rotatable bonds is 0. The highest BCUT2D eigenvalue weighted by Gasteiger charge is 2.46. The molecular formula is C14H16ClF3N2O3. The number of carbonyl (C=O) groups is 1. The lowest BCUT2D eigenvalue weighted by Gasteiger charge is -2.28. The van der Waals surface area contributed by atoms with E-state index in [0.717, 1.165) is 4.90 Å². The number of aromatic nitrogens is 1. The number of pyridine rings is 1. The molecule has 0 fully saturated rings.